The summed E-state index contributed by atoms with van der Waals surface area (Å²) in [5.74, 6) is 0.911. The maximum atomic E-state index is 12.5. The average Bonchev–Trinajstić information content (AvgIpc) is 2.86. The van der Waals surface area contributed by atoms with Gasteiger partial charge in [0.25, 0.3) is 5.89 Å². The van der Waals surface area contributed by atoms with Crippen molar-refractivity contribution >= 4 is 5.97 Å². The Morgan fingerprint density at radius 3 is 2.43 bits per heavy atom. The number of piperidine rings is 1. The van der Waals surface area contributed by atoms with Crippen molar-refractivity contribution in [1.82, 2.24) is 15.0 Å². The number of esters is 1. The number of rotatable bonds is 5. The van der Waals surface area contributed by atoms with Gasteiger partial charge in [0.05, 0.1) is 0 Å². The molecule has 1 aliphatic heterocycles. The van der Waals surface area contributed by atoms with Crippen molar-refractivity contribution in [3.8, 4) is 0 Å². The lowest BCUT2D eigenvalue weighted by Gasteiger charge is -2.35. The summed E-state index contributed by atoms with van der Waals surface area (Å²) < 4.78 is 10.6. The molecule has 6 heteroatoms. The molecule has 21 heavy (non-hydrogen) atoms. The molecular formula is C15H25N3O3. The highest BCUT2D eigenvalue weighted by atomic mass is 16.6. The maximum absolute atomic E-state index is 12.5. The van der Waals surface area contributed by atoms with E-state index in [0.29, 0.717) is 11.7 Å². The van der Waals surface area contributed by atoms with Gasteiger partial charge < -0.3 is 9.26 Å². The van der Waals surface area contributed by atoms with Crippen molar-refractivity contribution in [2.75, 3.05) is 13.1 Å². The van der Waals surface area contributed by atoms with Gasteiger partial charge in [-0.2, -0.15) is 4.98 Å². The molecule has 6 nitrogen and oxygen atoms in total. The quantitative estimate of drug-likeness (QED) is 0.777. The second-order valence-corrected chi connectivity index (χ2v) is 6.04. The minimum Gasteiger partial charge on any atom is -0.451 e. The van der Waals surface area contributed by atoms with Gasteiger partial charge in [0.1, 0.15) is 6.04 Å². The molecule has 1 aliphatic rings. The Morgan fingerprint density at radius 1 is 1.24 bits per heavy atom. The van der Waals surface area contributed by atoms with Crippen LogP contribution in [0.25, 0.3) is 0 Å². The minimum absolute atomic E-state index is 0.197. The lowest BCUT2D eigenvalue weighted by Crippen LogP contribution is -2.48. The van der Waals surface area contributed by atoms with E-state index in [1.807, 2.05) is 0 Å². The summed E-state index contributed by atoms with van der Waals surface area (Å²) in [4.78, 5) is 18.9. The fourth-order valence-corrected chi connectivity index (χ4v) is 2.81. The highest BCUT2D eigenvalue weighted by Gasteiger charge is 2.33. The molecule has 0 saturated carbocycles. The Morgan fingerprint density at radius 2 is 1.90 bits per heavy atom. The third kappa shape index (κ3) is 4.03. The molecule has 0 N–H and O–H groups in total. The van der Waals surface area contributed by atoms with E-state index in [2.05, 4.69) is 28.9 Å². The highest BCUT2D eigenvalue weighted by Crippen LogP contribution is 2.22. The van der Waals surface area contributed by atoms with Crippen LogP contribution in [0.1, 0.15) is 57.9 Å². The average molecular weight is 295 g/mol. The van der Waals surface area contributed by atoms with Crippen LogP contribution in [0.2, 0.25) is 0 Å². The van der Waals surface area contributed by atoms with Gasteiger partial charge in [0.2, 0.25) is 0 Å². The number of likely N-dealkylation sites (tertiary alicyclic amines) is 1. The van der Waals surface area contributed by atoms with Crippen LogP contribution in [0.4, 0.5) is 0 Å². The Labute approximate surface area is 125 Å². The monoisotopic (exact) mass is 295 g/mol. The summed E-state index contributed by atoms with van der Waals surface area (Å²) in [6.45, 7) is 9.55. The van der Waals surface area contributed by atoms with Crippen LogP contribution < -0.4 is 0 Å². The Balaban J connectivity index is 2.01. The molecule has 0 spiro atoms. The summed E-state index contributed by atoms with van der Waals surface area (Å²) in [6, 6.07) is -0.197. The predicted octanol–water partition coefficient (Wildman–Crippen LogP) is 2.49. The van der Waals surface area contributed by atoms with Crippen LogP contribution in [0.5, 0.6) is 0 Å². The largest absolute Gasteiger partial charge is 0.451 e. The summed E-state index contributed by atoms with van der Waals surface area (Å²) in [6.07, 6.45) is 3.03. The lowest BCUT2D eigenvalue weighted by molar-refractivity contribution is -0.158. The molecule has 0 bridgehead atoms. The van der Waals surface area contributed by atoms with E-state index in [1.165, 1.54) is 6.42 Å². The number of nitrogens with zero attached hydrogens (tertiary/aromatic N) is 3. The molecule has 0 aliphatic carbocycles. The van der Waals surface area contributed by atoms with E-state index >= 15 is 0 Å². The van der Waals surface area contributed by atoms with Crippen LogP contribution in [-0.4, -0.2) is 40.1 Å². The van der Waals surface area contributed by atoms with E-state index in [0.717, 1.165) is 25.9 Å². The topological polar surface area (TPSA) is 68.5 Å². The minimum atomic E-state index is -0.509. The third-order valence-electron chi connectivity index (χ3n) is 3.84. The summed E-state index contributed by atoms with van der Waals surface area (Å²) in [7, 11) is 0. The number of hydrogen-bond donors (Lipinski definition) is 0. The van der Waals surface area contributed by atoms with Gasteiger partial charge >= 0.3 is 5.97 Å². The van der Waals surface area contributed by atoms with E-state index in [9.17, 15) is 4.79 Å². The molecule has 0 unspecified atom stereocenters. The van der Waals surface area contributed by atoms with Gasteiger partial charge in [-0.05, 0) is 45.7 Å². The summed E-state index contributed by atoms with van der Waals surface area (Å²) in [5.41, 5.74) is 0. The van der Waals surface area contributed by atoms with E-state index < -0.39 is 6.10 Å². The van der Waals surface area contributed by atoms with Gasteiger partial charge in [-0.1, -0.05) is 25.4 Å². The molecule has 1 saturated heterocycles. The number of ether oxygens (including phenoxy) is 1. The van der Waals surface area contributed by atoms with E-state index in [1.54, 1.807) is 13.8 Å². The molecule has 1 aromatic rings. The molecule has 0 amide bonds. The zero-order valence-electron chi connectivity index (χ0n) is 13.3. The molecule has 1 aromatic heterocycles. The van der Waals surface area contributed by atoms with Gasteiger partial charge in [-0.3, -0.25) is 9.69 Å². The van der Waals surface area contributed by atoms with Gasteiger partial charge in [0, 0.05) is 0 Å². The predicted molar refractivity (Wildman–Crippen MR) is 77.6 cm³/mol. The van der Waals surface area contributed by atoms with Crippen LogP contribution in [-0.2, 0) is 9.53 Å². The van der Waals surface area contributed by atoms with Crippen LogP contribution in [0, 0.1) is 12.8 Å². The van der Waals surface area contributed by atoms with Gasteiger partial charge in [-0.25, -0.2) is 0 Å². The van der Waals surface area contributed by atoms with Gasteiger partial charge in [0.15, 0.2) is 11.9 Å². The first-order chi connectivity index (χ1) is 9.99. The van der Waals surface area contributed by atoms with Crippen LogP contribution >= 0.6 is 0 Å². The molecule has 2 rings (SSSR count). The van der Waals surface area contributed by atoms with E-state index in [-0.39, 0.29) is 17.9 Å². The van der Waals surface area contributed by atoms with Crippen molar-refractivity contribution < 1.29 is 14.1 Å². The fourth-order valence-electron chi connectivity index (χ4n) is 2.81. The standard InChI is InChI=1S/C15H25N3O3/c1-10(2)13(18-8-6-5-7-9-18)15(19)20-11(3)14-16-12(4)17-21-14/h10-11,13H,5-9H2,1-4H3/t11-,13-/m0/s1. The van der Waals surface area contributed by atoms with Gasteiger partial charge in [-0.15, -0.1) is 0 Å². The molecule has 2 heterocycles. The Kier molecular flexibility index (Phi) is 5.33. The zero-order chi connectivity index (χ0) is 15.4. The van der Waals surface area contributed by atoms with E-state index in [4.69, 9.17) is 9.26 Å². The van der Waals surface area contributed by atoms with Crippen molar-refractivity contribution in [1.29, 1.82) is 0 Å². The second-order valence-electron chi connectivity index (χ2n) is 6.04. The number of carbonyl (C=O) groups excluding carboxylic acids is 1. The lowest BCUT2D eigenvalue weighted by atomic mass is 9.99. The number of aryl methyl sites for hydroxylation is 1. The Bertz CT molecular complexity index is 466. The first-order valence-electron chi connectivity index (χ1n) is 7.73. The molecular weight excluding hydrogens is 270 g/mol. The normalized spacial score (nSPS) is 19.5. The number of hydrogen-bond acceptors (Lipinski definition) is 6. The van der Waals surface area contributed by atoms with Crippen molar-refractivity contribution in [2.45, 2.75) is 59.1 Å². The molecule has 2 atom stereocenters. The van der Waals surface area contributed by atoms with Crippen LogP contribution in [0.15, 0.2) is 4.52 Å². The second kappa shape index (κ2) is 7.02. The molecule has 1 fully saturated rings. The third-order valence-corrected chi connectivity index (χ3v) is 3.84. The summed E-state index contributed by atoms with van der Waals surface area (Å²) in [5, 5.41) is 3.73. The molecule has 0 aromatic carbocycles. The SMILES string of the molecule is Cc1noc([C@H](C)OC(=O)[C@H](C(C)C)N2CCCCC2)n1. The highest BCUT2D eigenvalue weighted by molar-refractivity contribution is 5.76. The van der Waals surface area contributed by atoms with Crippen molar-refractivity contribution in [3.05, 3.63) is 11.7 Å². The van der Waals surface area contributed by atoms with Crippen molar-refractivity contribution in [2.24, 2.45) is 5.92 Å². The molecule has 0 radical (unpaired) electrons. The zero-order valence-corrected chi connectivity index (χ0v) is 13.3. The van der Waals surface area contributed by atoms with Crippen molar-refractivity contribution in [3.63, 3.8) is 0 Å². The Hall–Kier alpha value is -1.43. The summed E-state index contributed by atoms with van der Waals surface area (Å²) >= 11 is 0. The smallest absolute Gasteiger partial charge is 0.324 e. The fraction of sp³-hybridized carbons (Fsp3) is 0.800. The number of carbonyl (C=O) groups is 1. The first-order valence-corrected chi connectivity index (χ1v) is 7.73. The van der Waals surface area contributed by atoms with Crippen LogP contribution in [0.3, 0.4) is 0 Å². The maximum Gasteiger partial charge on any atom is 0.324 e. The molecule has 118 valence electrons. The number of aromatic nitrogens is 2. The first kappa shape index (κ1) is 15.9.